The summed E-state index contributed by atoms with van der Waals surface area (Å²) in [6, 6.07) is 7.12. The van der Waals surface area contributed by atoms with E-state index < -0.39 is 0 Å². The van der Waals surface area contributed by atoms with Crippen LogP contribution in [0.4, 0.5) is 5.69 Å². The van der Waals surface area contributed by atoms with Gasteiger partial charge >= 0.3 is 0 Å². The Morgan fingerprint density at radius 3 is 2.41 bits per heavy atom. The maximum atomic E-state index is 7.27. The minimum absolute atomic E-state index is 0.0606. The zero-order valence-corrected chi connectivity index (χ0v) is 10.5. The number of nitrogens with one attached hydrogen (secondary N) is 1. The molecule has 0 fully saturated rings. The van der Waals surface area contributed by atoms with Crippen LogP contribution in [0.5, 0.6) is 0 Å². The van der Waals surface area contributed by atoms with Crippen molar-refractivity contribution in [2.45, 2.75) is 13.8 Å². The van der Waals surface area contributed by atoms with Crippen LogP contribution in [0.15, 0.2) is 34.6 Å². The summed E-state index contributed by atoms with van der Waals surface area (Å²) in [6.45, 7) is 5.14. The molecule has 0 spiro atoms. The first-order valence-electron chi connectivity index (χ1n) is 5.56. The van der Waals surface area contributed by atoms with Gasteiger partial charge in [-0.2, -0.15) is 0 Å². The predicted octanol–water partition coefficient (Wildman–Crippen LogP) is 2.56. The van der Waals surface area contributed by atoms with Crippen molar-refractivity contribution in [1.82, 2.24) is 5.01 Å². The smallest absolute Gasteiger partial charge is 0.122 e. The molecule has 0 amide bonds. The molecule has 17 heavy (non-hydrogen) atoms. The Bertz CT molecular complexity index is 394. The Morgan fingerprint density at radius 1 is 1.35 bits per heavy atom. The summed E-state index contributed by atoms with van der Waals surface area (Å²) < 4.78 is 0. The predicted molar refractivity (Wildman–Crippen MR) is 69.4 cm³/mol. The maximum absolute atomic E-state index is 7.27. The lowest BCUT2D eigenvalue weighted by Gasteiger charge is -2.13. The quantitative estimate of drug-likeness (QED) is 0.355. The molecule has 0 radical (unpaired) electrons. The molecule has 3 N–H and O–H groups in total. The first kappa shape index (κ1) is 13.2. The van der Waals surface area contributed by atoms with Gasteiger partial charge in [0.25, 0.3) is 0 Å². The van der Waals surface area contributed by atoms with Crippen LogP contribution in [0.25, 0.3) is 0 Å². The van der Waals surface area contributed by atoms with E-state index in [9.17, 15) is 0 Å². The number of hydrogen-bond acceptors (Lipinski definition) is 3. The summed E-state index contributed by atoms with van der Waals surface area (Å²) in [5.41, 5.74) is 6.81. The molecular weight excluding hydrogens is 214 g/mol. The molecule has 1 aromatic carbocycles. The van der Waals surface area contributed by atoms with Gasteiger partial charge in [-0.1, -0.05) is 19.1 Å². The van der Waals surface area contributed by atoms with Gasteiger partial charge in [0.2, 0.25) is 0 Å². The third-order valence-electron chi connectivity index (χ3n) is 2.12. The highest BCUT2D eigenvalue weighted by molar-refractivity contribution is 5.95. The Kier molecular flexibility index (Phi) is 4.63. The molecule has 92 valence electrons. The largest absolute Gasteiger partial charge is 0.384 e. The van der Waals surface area contributed by atoms with Crippen LogP contribution in [0.3, 0.4) is 0 Å². The summed E-state index contributed by atoms with van der Waals surface area (Å²) in [6.07, 6.45) is 0. The lowest BCUT2D eigenvalue weighted by atomic mass is 10.2. The third-order valence-corrected chi connectivity index (χ3v) is 2.12. The average molecular weight is 233 g/mol. The molecule has 0 bridgehead atoms. The Labute approximate surface area is 102 Å². The van der Waals surface area contributed by atoms with Crippen molar-refractivity contribution in [3.8, 4) is 0 Å². The van der Waals surface area contributed by atoms with E-state index in [0.29, 0.717) is 11.5 Å². The van der Waals surface area contributed by atoms with Crippen molar-refractivity contribution < 1.29 is 0 Å². The fraction of sp³-hybridized carbons (Fsp3) is 0.417. The lowest BCUT2D eigenvalue weighted by Crippen LogP contribution is -2.16. The van der Waals surface area contributed by atoms with E-state index in [4.69, 9.17) is 11.1 Å². The number of benzene rings is 1. The number of nitrogen functional groups attached to an aromatic ring is 1. The van der Waals surface area contributed by atoms with E-state index in [0.717, 1.165) is 12.2 Å². The van der Waals surface area contributed by atoms with Crippen molar-refractivity contribution in [3.05, 3.63) is 29.8 Å². The molecule has 0 aliphatic heterocycles. The second-order valence-electron chi connectivity index (χ2n) is 4.38. The van der Waals surface area contributed by atoms with Gasteiger partial charge in [0.1, 0.15) is 5.84 Å². The first-order valence-corrected chi connectivity index (χ1v) is 5.56. The molecule has 0 unspecified atom stereocenters. The van der Waals surface area contributed by atoms with E-state index in [2.05, 4.69) is 24.2 Å². The first-order chi connectivity index (χ1) is 7.99. The van der Waals surface area contributed by atoms with Gasteiger partial charge in [0.05, 0.1) is 5.69 Å². The van der Waals surface area contributed by atoms with Gasteiger partial charge in [-0.3, -0.25) is 10.4 Å². The number of nitrogens with two attached hydrogens (primary N) is 1. The number of nitrogens with zero attached hydrogens (tertiary/aromatic N) is 3. The van der Waals surface area contributed by atoms with Gasteiger partial charge in [-0.25, -0.2) is 0 Å². The topological polar surface area (TPSA) is 77.8 Å². The Hall–Kier alpha value is -1.91. The van der Waals surface area contributed by atoms with Crippen molar-refractivity contribution in [3.63, 3.8) is 0 Å². The standard InChI is InChI=1S/C12H19N5/c1-9(2)8-17(3)16-15-11-6-4-10(5-7-11)12(13)14/h4-7,9H,8H2,1-3H3,(H3,13,14). The van der Waals surface area contributed by atoms with Crippen molar-refractivity contribution in [2.75, 3.05) is 13.6 Å². The highest BCUT2D eigenvalue weighted by Crippen LogP contribution is 2.13. The van der Waals surface area contributed by atoms with Crippen LogP contribution in [0, 0.1) is 11.3 Å². The van der Waals surface area contributed by atoms with Crippen LogP contribution in [0.2, 0.25) is 0 Å². The zero-order valence-electron chi connectivity index (χ0n) is 10.5. The van der Waals surface area contributed by atoms with Gasteiger partial charge in [0, 0.05) is 19.2 Å². The van der Waals surface area contributed by atoms with Crippen molar-refractivity contribution >= 4 is 11.5 Å². The average Bonchev–Trinajstić information content (AvgIpc) is 2.26. The monoisotopic (exact) mass is 233 g/mol. The van der Waals surface area contributed by atoms with E-state index in [1.165, 1.54) is 0 Å². The third kappa shape index (κ3) is 4.63. The molecule has 1 rings (SSSR count). The van der Waals surface area contributed by atoms with E-state index >= 15 is 0 Å². The highest BCUT2D eigenvalue weighted by atomic mass is 15.5. The minimum Gasteiger partial charge on any atom is -0.384 e. The van der Waals surface area contributed by atoms with Gasteiger partial charge in [-0.05, 0) is 30.2 Å². The van der Waals surface area contributed by atoms with Crippen LogP contribution in [0.1, 0.15) is 19.4 Å². The molecule has 0 atom stereocenters. The maximum Gasteiger partial charge on any atom is 0.122 e. The van der Waals surface area contributed by atoms with E-state index in [1.807, 2.05) is 12.1 Å². The fourth-order valence-electron chi connectivity index (χ4n) is 1.40. The zero-order chi connectivity index (χ0) is 12.8. The van der Waals surface area contributed by atoms with Gasteiger partial charge in [0.15, 0.2) is 0 Å². The molecule has 0 aromatic heterocycles. The molecule has 0 aliphatic carbocycles. The van der Waals surface area contributed by atoms with Crippen LogP contribution < -0.4 is 5.73 Å². The molecule has 0 saturated heterocycles. The second kappa shape index (κ2) is 5.98. The SMILES string of the molecule is CC(C)CN(C)N=Nc1ccc(C(=N)N)cc1. The molecule has 5 nitrogen and oxygen atoms in total. The Morgan fingerprint density at radius 2 is 1.94 bits per heavy atom. The molecule has 0 saturated carbocycles. The fourth-order valence-corrected chi connectivity index (χ4v) is 1.40. The summed E-state index contributed by atoms with van der Waals surface area (Å²) in [4.78, 5) is 0. The molecule has 0 heterocycles. The molecule has 0 aliphatic rings. The minimum atomic E-state index is 0.0606. The summed E-state index contributed by atoms with van der Waals surface area (Å²) in [5.74, 6) is 0.615. The lowest BCUT2D eigenvalue weighted by molar-refractivity contribution is 0.292. The van der Waals surface area contributed by atoms with E-state index in [-0.39, 0.29) is 5.84 Å². The van der Waals surface area contributed by atoms with Gasteiger partial charge in [-0.15, -0.1) is 5.11 Å². The highest BCUT2D eigenvalue weighted by Gasteiger charge is 1.99. The molecule has 1 aromatic rings. The molecular formula is C12H19N5. The normalized spacial score (nSPS) is 11.1. The Balaban J connectivity index is 2.62. The summed E-state index contributed by atoms with van der Waals surface area (Å²) in [7, 11) is 1.90. The summed E-state index contributed by atoms with van der Waals surface area (Å²) >= 11 is 0. The summed E-state index contributed by atoms with van der Waals surface area (Å²) in [5, 5.41) is 17.3. The molecule has 5 heteroatoms. The van der Waals surface area contributed by atoms with Crippen LogP contribution >= 0.6 is 0 Å². The van der Waals surface area contributed by atoms with Crippen LogP contribution in [-0.2, 0) is 0 Å². The van der Waals surface area contributed by atoms with Crippen molar-refractivity contribution in [1.29, 1.82) is 5.41 Å². The van der Waals surface area contributed by atoms with Crippen LogP contribution in [-0.4, -0.2) is 24.4 Å². The number of hydrogen-bond donors (Lipinski definition) is 2. The number of rotatable bonds is 5. The van der Waals surface area contributed by atoms with Gasteiger partial charge < -0.3 is 5.73 Å². The second-order valence-corrected chi connectivity index (χ2v) is 4.38. The van der Waals surface area contributed by atoms with Crippen molar-refractivity contribution in [2.24, 2.45) is 22.0 Å². The van der Waals surface area contributed by atoms with E-state index in [1.54, 1.807) is 24.3 Å². The number of amidine groups is 1.